The zero-order valence-electron chi connectivity index (χ0n) is 43.7. The number of rotatable bonds is 38. The lowest BCUT2D eigenvalue weighted by molar-refractivity contribution is -0.257. The molecule has 0 amide bonds. The van der Waals surface area contributed by atoms with Crippen molar-refractivity contribution in [2.75, 3.05) is 67.1 Å². The van der Waals surface area contributed by atoms with Crippen LogP contribution in [0, 0.1) is 0 Å². The summed E-state index contributed by atoms with van der Waals surface area (Å²) in [5.41, 5.74) is 0. The number of methoxy groups -OCH3 is 2. The molecule has 0 spiro atoms. The summed E-state index contributed by atoms with van der Waals surface area (Å²) in [4.78, 5) is 159. The fourth-order valence-corrected chi connectivity index (χ4v) is 12.4. The zero-order chi connectivity index (χ0) is 62.8. The second-order valence-corrected chi connectivity index (χ2v) is 28.1. The van der Waals surface area contributed by atoms with Crippen LogP contribution in [0.15, 0.2) is 0 Å². The van der Waals surface area contributed by atoms with Crippen LogP contribution >= 0.6 is 62.6 Å². The van der Waals surface area contributed by atoms with Crippen molar-refractivity contribution in [3.8, 4) is 0 Å². The molecule has 16 N–H and O–H groups in total. The monoisotopic (exact) mass is 1350 g/mol. The summed E-state index contributed by atoms with van der Waals surface area (Å²) in [6, 6.07) is 0. The van der Waals surface area contributed by atoms with Crippen LogP contribution in [-0.4, -0.2) is 273 Å². The Morgan fingerprint density at radius 1 is 0.346 bits per heavy atom. The van der Waals surface area contributed by atoms with Gasteiger partial charge in [0.2, 0.25) is 0 Å². The normalized spacial score (nSPS) is 28.0. The molecule has 0 radical (unpaired) electrons. The average molecular weight is 1350 g/mol. The molecule has 41 nitrogen and oxygen atoms in total. The third kappa shape index (κ3) is 31.2. The Labute approximate surface area is 463 Å². The molecule has 81 heavy (non-hydrogen) atoms. The van der Waals surface area contributed by atoms with E-state index in [2.05, 4.69) is 22.6 Å². The lowest BCUT2D eigenvalue weighted by Crippen LogP contribution is -2.69. The lowest BCUT2D eigenvalue weighted by Gasteiger charge is -2.51. The van der Waals surface area contributed by atoms with E-state index in [0.29, 0.717) is 0 Å². The molecule has 2 saturated carbocycles. The van der Waals surface area contributed by atoms with E-state index in [0.717, 1.165) is 31.4 Å². The third-order valence-corrected chi connectivity index (χ3v) is 14.3. The van der Waals surface area contributed by atoms with Crippen molar-refractivity contribution in [2.24, 2.45) is 0 Å². The second-order valence-electron chi connectivity index (χ2n) is 18.6. The maximum Gasteiger partial charge on any atom is 0.470 e. The molecule has 0 aromatic heterocycles. The largest absolute Gasteiger partial charge is 0.470 e. The highest BCUT2D eigenvalue weighted by Crippen LogP contribution is 2.57. The minimum Gasteiger partial charge on any atom is -0.382 e. The van der Waals surface area contributed by atoms with Gasteiger partial charge in [-0.3, -0.25) is 36.2 Å². The number of phosphoric acid groups is 8. The minimum absolute atomic E-state index is 0.0367. The van der Waals surface area contributed by atoms with Crippen molar-refractivity contribution in [1.82, 2.24) is 0 Å². The van der Waals surface area contributed by atoms with Crippen LogP contribution < -0.4 is 0 Å². The van der Waals surface area contributed by atoms with E-state index in [1.165, 1.54) is 14.2 Å². The van der Waals surface area contributed by atoms with Crippen LogP contribution in [0.2, 0.25) is 0 Å². The Morgan fingerprint density at radius 3 is 0.753 bits per heavy atom. The molecule has 0 aromatic carbocycles. The SMILES string of the molecule is BC(B)(COCC(B)(B)O[C@H]1[C@@H](OP(=O)(O)O)[C@H](OP(=O)(O)O)[C@@H](OP(=O)(O)O)[C@H](OP(=O)(O)O)[C@H]1OP(=O)(O)O)O[C@@H]1[C@H](OP(=O)(O)O)[C@@H](OCCOC(C)COC)[C@H](OP(=O)(O)O)[C@@H](OCCO[C@H](C)COC)[C@@H]1OP(=O)(O)O. The molecule has 2 aliphatic carbocycles. The van der Waals surface area contributed by atoms with Gasteiger partial charge in [-0.25, -0.2) is 36.5 Å². The highest BCUT2D eigenvalue weighted by Gasteiger charge is 2.63. The molecule has 0 aliphatic heterocycles. The van der Waals surface area contributed by atoms with Crippen molar-refractivity contribution in [2.45, 2.75) is 110 Å². The van der Waals surface area contributed by atoms with Gasteiger partial charge in [0.15, 0.2) is 0 Å². The van der Waals surface area contributed by atoms with Gasteiger partial charge in [-0.05, 0) is 13.8 Å². The van der Waals surface area contributed by atoms with Gasteiger partial charge >= 0.3 is 62.6 Å². The van der Waals surface area contributed by atoms with E-state index >= 15 is 0 Å². The fraction of sp³-hybridized carbons (Fsp3) is 1.00. The molecule has 14 atom stereocenters. The second kappa shape index (κ2) is 31.5. The Kier molecular flexibility index (Phi) is 30.3. The van der Waals surface area contributed by atoms with E-state index in [9.17, 15) is 115 Å². The Hall–Kier alpha value is 0.780. The fourth-order valence-electron chi connectivity index (χ4n) is 7.90. The first-order chi connectivity index (χ1) is 36.3. The van der Waals surface area contributed by atoms with Crippen molar-refractivity contribution < 1.29 is 194 Å². The van der Waals surface area contributed by atoms with Crippen LogP contribution in [-0.2, 0) is 115 Å². The average Bonchev–Trinajstić information content (AvgIpc) is 3.21. The molecule has 0 heterocycles. The Morgan fingerprint density at radius 2 is 0.543 bits per heavy atom. The van der Waals surface area contributed by atoms with Crippen LogP contribution in [0.1, 0.15) is 13.8 Å². The summed E-state index contributed by atoms with van der Waals surface area (Å²) in [6.45, 7) is -0.727. The van der Waals surface area contributed by atoms with Crippen molar-refractivity contribution in [3.05, 3.63) is 0 Å². The highest BCUT2D eigenvalue weighted by molar-refractivity contribution is 7.48. The summed E-state index contributed by atoms with van der Waals surface area (Å²) >= 11 is 0. The molecule has 2 rings (SSSR count). The van der Waals surface area contributed by atoms with E-state index in [1.54, 1.807) is 13.8 Å². The smallest absolute Gasteiger partial charge is 0.382 e. The zero-order valence-corrected chi connectivity index (χ0v) is 50.8. The van der Waals surface area contributed by atoms with Crippen molar-refractivity contribution in [1.29, 1.82) is 0 Å². The van der Waals surface area contributed by atoms with Gasteiger partial charge in [-0.2, -0.15) is 0 Å². The van der Waals surface area contributed by atoms with Crippen LogP contribution in [0.3, 0.4) is 0 Å². The third-order valence-electron chi connectivity index (χ3n) is 10.2. The van der Waals surface area contributed by atoms with Crippen LogP contribution in [0.4, 0.5) is 0 Å². The highest BCUT2D eigenvalue weighted by atomic mass is 31.2. The van der Waals surface area contributed by atoms with Gasteiger partial charge in [0.05, 0.1) is 65.1 Å². The van der Waals surface area contributed by atoms with Gasteiger partial charge in [-0.1, -0.05) is 0 Å². The van der Waals surface area contributed by atoms with E-state index < -0.39 is 185 Å². The maximum absolute atomic E-state index is 12.7. The molecular weight excluding hydrogens is 1280 g/mol. The first-order valence-corrected chi connectivity index (χ1v) is 34.9. The standard InChI is InChI=1S/C28H66B4O41P8/c1-13(9-57-3)60-5-7-62-15-19(66-74(33,34)35)16(63-8-6-61-14(2)10-58-4)21(68-76(39,40)41)17(20(15)67-75(36,37)38)64-27(29,30)11-59-12-28(31,32)65-18-22(69-77(42,43)44)24(71-79(48,49)50)26(73-81(54,55)56)25(72-80(51,52)53)23(18)70-78(45,46)47/h13-26H,5-12,29-32H2,1-4H3,(H2,33,34,35)(H2,36,37,38)(H2,39,40,41)(H2,42,43,44)(H2,45,46,47)(H2,48,49,50)(H2,51,52,53)(H2,54,55,56)/t13-,14?,15-,16+,17+,18-,19-,20+,21-,22+,23-,24-,25+,26+/m1/s1. The molecule has 476 valence electrons. The molecule has 0 aromatic rings. The van der Waals surface area contributed by atoms with Crippen LogP contribution in [0.5, 0.6) is 0 Å². The molecule has 0 saturated heterocycles. The molecule has 53 heteroatoms. The summed E-state index contributed by atoms with van der Waals surface area (Å²) in [5, 5.41) is -4.33. The summed E-state index contributed by atoms with van der Waals surface area (Å²) in [5.74, 6) is 0. The van der Waals surface area contributed by atoms with Crippen LogP contribution in [0.25, 0.3) is 0 Å². The molecule has 2 aliphatic rings. The predicted molar refractivity (Wildman–Crippen MR) is 270 cm³/mol. The van der Waals surface area contributed by atoms with Gasteiger partial charge in [0, 0.05) is 25.0 Å². The van der Waals surface area contributed by atoms with Crippen molar-refractivity contribution in [3.63, 3.8) is 0 Å². The first kappa shape index (κ1) is 77.9. The summed E-state index contributed by atoms with van der Waals surface area (Å²) in [6.07, 6.45) is -33.7. The number of hydrogen-bond donors (Lipinski definition) is 16. The van der Waals surface area contributed by atoms with Gasteiger partial charge < -0.3 is 121 Å². The summed E-state index contributed by atoms with van der Waals surface area (Å²) < 4.78 is 188. The number of hydrogen-bond acceptors (Lipinski definition) is 25. The predicted octanol–water partition coefficient (Wildman–Crippen LogP) is -7.66. The molecule has 0 bridgehead atoms. The number of phosphoric ester groups is 8. The van der Waals surface area contributed by atoms with Gasteiger partial charge in [0.25, 0.3) is 0 Å². The minimum atomic E-state index is -6.17. The van der Waals surface area contributed by atoms with E-state index in [4.69, 9.17) is 56.2 Å². The summed E-state index contributed by atoms with van der Waals surface area (Å²) in [7, 11) is -41.6. The lowest BCUT2D eigenvalue weighted by atomic mass is 9.64. The molecule has 1 unspecified atom stereocenters. The Bertz CT molecular complexity index is 2230. The Balaban J connectivity index is 2.85. The van der Waals surface area contributed by atoms with E-state index in [1.807, 2.05) is 0 Å². The van der Waals surface area contributed by atoms with E-state index in [-0.39, 0.29) is 26.4 Å². The molecule has 2 fully saturated rings. The topological polar surface area (TPSA) is 617 Å². The van der Waals surface area contributed by atoms with Gasteiger partial charge in [-0.15, -0.1) is 0 Å². The molecular formula is C28H66B4O41P8. The quantitative estimate of drug-likeness (QED) is 0.0155. The number of ether oxygens (including phenoxy) is 9. The maximum atomic E-state index is 12.7. The first-order valence-electron chi connectivity index (χ1n) is 22.6. The van der Waals surface area contributed by atoms with Gasteiger partial charge in [0.1, 0.15) is 105 Å². The van der Waals surface area contributed by atoms with Crippen molar-refractivity contribution >= 4 is 94.0 Å².